The molecule has 0 aromatic heterocycles. The summed E-state index contributed by atoms with van der Waals surface area (Å²) in [5.74, 6) is -0.219. The van der Waals surface area contributed by atoms with Crippen LogP contribution in [0.15, 0.2) is 24.3 Å². The van der Waals surface area contributed by atoms with Crippen molar-refractivity contribution < 1.29 is 22.7 Å². The van der Waals surface area contributed by atoms with E-state index < -0.39 is 17.8 Å². The Bertz CT molecular complexity index is 450. The first-order valence-corrected chi connectivity index (χ1v) is 5.67. The van der Waals surface area contributed by atoms with E-state index in [1.165, 1.54) is 19.2 Å². The second-order valence-corrected chi connectivity index (χ2v) is 4.44. The third-order valence-corrected chi connectivity index (χ3v) is 3.04. The fraction of sp³-hybridized carbons (Fsp3) is 0.462. The minimum Gasteiger partial charge on any atom is -0.373 e. The van der Waals surface area contributed by atoms with Crippen LogP contribution in [0.3, 0.4) is 0 Å². The van der Waals surface area contributed by atoms with Gasteiger partial charge in [0.25, 0.3) is 0 Å². The number of benzene rings is 1. The molecule has 1 aromatic rings. The lowest BCUT2D eigenvalue weighted by atomic mass is 10.0. The fourth-order valence-electron chi connectivity index (χ4n) is 1.93. The van der Waals surface area contributed by atoms with Crippen LogP contribution in [-0.4, -0.2) is 19.0 Å². The summed E-state index contributed by atoms with van der Waals surface area (Å²) < 4.78 is 42.7. The van der Waals surface area contributed by atoms with Crippen molar-refractivity contribution in [3.8, 4) is 0 Å². The molecule has 1 aliphatic carbocycles. The molecule has 1 aliphatic rings. The number of ketones is 1. The van der Waals surface area contributed by atoms with Crippen molar-refractivity contribution in [3.63, 3.8) is 0 Å². The number of rotatable bonds is 4. The first-order valence-electron chi connectivity index (χ1n) is 5.67. The van der Waals surface area contributed by atoms with E-state index in [4.69, 9.17) is 4.74 Å². The van der Waals surface area contributed by atoms with E-state index in [1.807, 2.05) is 0 Å². The summed E-state index contributed by atoms with van der Waals surface area (Å²) in [6, 6.07) is 4.48. The van der Waals surface area contributed by atoms with Crippen LogP contribution in [0.4, 0.5) is 13.2 Å². The molecule has 2 nitrogen and oxygen atoms in total. The van der Waals surface area contributed by atoms with Gasteiger partial charge in [0, 0.05) is 12.7 Å². The molecule has 0 amide bonds. The van der Waals surface area contributed by atoms with E-state index >= 15 is 0 Å². The molecule has 1 unspecified atom stereocenters. The SMILES string of the molecule is COC(C(=O)c1cccc(C(F)(F)F)c1)C1CC1. The lowest BCUT2D eigenvalue weighted by Crippen LogP contribution is -2.25. The van der Waals surface area contributed by atoms with Crippen LogP contribution in [0.5, 0.6) is 0 Å². The highest BCUT2D eigenvalue weighted by atomic mass is 19.4. The Kier molecular flexibility index (Phi) is 3.43. The van der Waals surface area contributed by atoms with Gasteiger partial charge in [0.15, 0.2) is 5.78 Å². The van der Waals surface area contributed by atoms with Gasteiger partial charge < -0.3 is 4.74 Å². The average molecular weight is 258 g/mol. The Balaban J connectivity index is 2.25. The second-order valence-electron chi connectivity index (χ2n) is 4.44. The third kappa shape index (κ3) is 2.72. The Morgan fingerprint density at radius 2 is 2.06 bits per heavy atom. The number of hydrogen-bond acceptors (Lipinski definition) is 2. The van der Waals surface area contributed by atoms with E-state index in [0.717, 1.165) is 25.0 Å². The molecule has 5 heteroatoms. The summed E-state index contributed by atoms with van der Waals surface area (Å²) in [5, 5.41) is 0. The Labute approximate surface area is 103 Å². The summed E-state index contributed by atoms with van der Waals surface area (Å²) in [5.41, 5.74) is -0.748. The van der Waals surface area contributed by atoms with Gasteiger partial charge in [-0.1, -0.05) is 12.1 Å². The molecule has 0 bridgehead atoms. The van der Waals surface area contributed by atoms with Gasteiger partial charge in [0.1, 0.15) is 6.10 Å². The van der Waals surface area contributed by atoms with Crippen molar-refractivity contribution in [2.45, 2.75) is 25.1 Å². The Hall–Kier alpha value is -1.36. The lowest BCUT2D eigenvalue weighted by Gasteiger charge is -2.14. The lowest BCUT2D eigenvalue weighted by molar-refractivity contribution is -0.137. The molecule has 0 saturated heterocycles. The number of Topliss-reactive ketones (excluding diaryl/α,β-unsaturated/α-hetero) is 1. The van der Waals surface area contributed by atoms with E-state index in [0.29, 0.717) is 0 Å². The molecular weight excluding hydrogens is 245 g/mol. The number of hydrogen-bond donors (Lipinski definition) is 0. The van der Waals surface area contributed by atoms with Crippen LogP contribution < -0.4 is 0 Å². The molecule has 0 N–H and O–H groups in total. The van der Waals surface area contributed by atoms with Crippen LogP contribution >= 0.6 is 0 Å². The predicted molar refractivity (Wildman–Crippen MR) is 59.3 cm³/mol. The number of carbonyl (C=O) groups excluding carboxylic acids is 1. The molecule has 1 atom stereocenters. The third-order valence-electron chi connectivity index (χ3n) is 3.04. The summed E-state index contributed by atoms with van der Waals surface area (Å²) >= 11 is 0. The van der Waals surface area contributed by atoms with Gasteiger partial charge in [-0.3, -0.25) is 4.79 Å². The molecule has 0 spiro atoms. The van der Waals surface area contributed by atoms with Gasteiger partial charge in [0.2, 0.25) is 0 Å². The fourth-order valence-corrected chi connectivity index (χ4v) is 1.93. The quantitative estimate of drug-likeness (QED) is 0.774. The zero-order valence-corrected chi connectivity index (χ0v) is 9.83. The molecule has 0 radical (unpaired) electrons. The maximum atomic E-state index is 12.5. The van der Waals surface area contributed by atoms with Gasteiger partial charge in [-0.05, 0) is 30.9 Å². The van der Waals surface area contributed by atoms with Crippen molar-refractivity contribution in [3.05, 3.63) is 35.4 Å². The van der Waals surface area contributed by atoms with Crippen LogP contribution in [0.1, 0.15) is 28.8 Å². The van der Waals surface area contributed by atoms with Crippen molar-refractivity contribution >= 4 is 5.78 Å². The zero-order chi connectivity index (χ0) is 13.3. The molecule has 98 valence electrons. The van der Waals surface area contributed by atoms with Gasteiger partial charge in [-0.2, -0.15) is 13.2 Å². The topological polar surface area (TPSA) is 26.3 Å². The van der Waals surface area contributed by atoms with Gasteiger partial charge in [-0.15, -0.1) is 0 Å². The van der Waals surface area contributed by atoms with Gasteiger partial charge in [0.05, 0.1) is 5.56 Å². The number of carbonyl (C=O) groups is 1. The molecule has 18 heavy (non-hydrogen) atoms. The second kappa shape index (κ2) is 4.72. The zero-order valence-electron chi connectivity index (χ0n) is 9.83. The summed E-state index contributed by atoms with van der Waals surface area (Å²) in [6.45, 7) is 0. The van der Waals surface area contributed by atoms with Crippen LogP contribution in [0.2, 0.25) is 0 Å². The monoisotopic (exact) mass is 258 g/mol. The molecule has 2 rings (SSSR count). The Morgan fingerprint density at radius 3 is 2.56 bits per heavy atom. The summed E-state index contributed by atoms with van der Waals surface area (Å²) in [6.07, 6.45) is -3.27. The first-order chi connectivity index (χ1) is 8.43. The van der Waals surface area contributed by atoms with E-state index in [1.54, 1.807) is 0 Å². The number of methoxy groups -OCH3 is 1. The predicted octanol–water partition coefficient (Wildman–Crippen LogP) is 3.31. The van der Waals surface area contributed by atoms with Gasteiger partial charge in [-0.25, -0.2) is 0 Å². The first kappa shape index (κ1) is 13.1. The minimum absolute atomic E-state index is 0.0589. The van der Waals surface area contributed by atoms with Crippen molar-refractivity contribution in [1.82, 2.24) is 0 Å². The molecule has 1 fully saturated rings. The minimum atomic E-state index is -4.43. The molecule has 1 saturated carbocycles. The number of alkyl halides is 3. The number of ether oxygens (including phenoxy) is 1. The maximum absolute atomic E-state index is 12.5. The van der Waals surface area contributed by atoms with E-state index in [9.17, 15) is 18.0 Å². The highest BCUT2D eigenvalue weighted by Crippen LogP contribution is 2.36. The maximum Gasteiger partial charge on any atom is 0.416 e. The standard InChI is InChI=1S/C13H13F3O2/c1-18-12(8-5-6-8)11(17)9-3-2-4-10(7-9)13(14,15)16/h2-4,7-8,12H,5-6H2,1H3. The molecule has 1 aromatic carbocycles. The summed E-state index contributed by atoms with van der Waals surface area (Å²) in [4.78, 5) is 12.0. The van der Waals surface area contributed by atoms with E-state index in [-0.39, 0.29) is 17.3 Å². The van der Waals surface area contributed by atoms with Crippen molar-refractivity contribution in [2.75, 3.05) is 7.11 Å². The van der Waals surface area contributed by atoms with Crippen LogP contribution in [0, 0.1) is 5.92 Å². The largest absolute Gasteiger partial charge is 0.416 e. The average Bonchev–Trinajstić information content (AvgIpc) is 3.13. The van der Waals surface area contributed by atoms with Crippen molar-refractivity contribution in [1.29, 1.82) is 0 Å². The van der Waals surface area contributed by atoms with Crippen LogP contribution in [-0.2, 0) is 10.9 Å². The smallest absolute Gasteiger partial charge is 0.373 e. The normalized spacial score (nSPS) is 17.6. The highest BCUT2D eigenvalue weighted by Gasteiger charge is 2.37. The highest BCUT2D eigenvalue weighted by molar-refractivity contribution is 6.00. The van der Waals surface area contributed by atoms with E-state index in [2.05, 4.69) is 0 Å². The van der Waals surface area contributed by atoms with Crippen molar-refractivity contribution in [2.24, 2.45) is 5.92 Å². The molecule has 0 heterocycles. The van der Waals surface area contributed by atoms with Crippen LogP contribution in [0.25, 0.3) is 0 Å². The Morgan fingerprint density at radius 1 is 1.39 bits per heavy atom. The molecular formula is C13H13F3O2. The summed E-state index contributed by atoms with van der Waals surface area (Å²) in [7, 11) is 1.41. The van der Waals surface area contributed by atoms with Gasteiger partial charge >= 0.3 is 6.18 Å². The molecule has 0 aliphatic heterocycles. The number of halogens is 3.